The zero-order valence-electron chi connectivity index (χ0n) is 15.0. The molecule has 2 fully saturated rings. The molecule has 0 bridgehead atoms. The van der Waals surface area contributed by atoms with E-state index < -0.39 is 0 Å². The van der Waals surface area contributed by atoms with Crippen molar-refractivity contribution < 1.29 is 9.53 Å². The summed E-state index contributed by atoms with van der Waals surface area (Å²) in [5.74, 6) is 0.154. The Kier molecular flexibility index (Phi) is 5.62. The molecule has 138 valence electrons. The van der Waals surface area contributed by atoms with Crippen LogP contribution in [0.15, 0.2) is 35.8 Å². The number of carbonyl (C=O) groups is 1. The molecule has 2 aliphatic rings. The van der Waals surface area contributed by atoms with E-state index in [4.69, 9.17) is 4.74 Å². The lowest BCUT2D eigenvalue weighted by molar-refractivity contribution is 0.0166. The summed E-state index contributed by atoms with van der Waals surface area (Å²) in [6, 6.07) is 8.21. The van der Waals surface area contributed by atoms with Crippen LogP contribution in [0.3, 0.4) is 0 Å². The minimum Gasteiger partial charge on any atom is -0.379 e. The fraction of sp³-hybridized carbons (Fsp3) is 0.500. The molecule has 1 atom stereocenters. The summed E-state index contributed by atoms with van der Waals surface area (Å²) in [6.45, 7) is 5.36. The predicted octanol–water partition coefficient (Wildman–Crippen LogP) is 3.14. The first kappa shape index (κ1) is 17.6. The molecule has 2 saturated heterocycles. The first-order valence-electron chi connectivity index (χ1n) is 9.42. The average molecular weight is 372 g/mol. The summed E-state index contributed by atoms with van der Waals surface area (Å²) in [6.07, 6.45) is 5.20. The third kappa shape index (κ3) is 3.98. The third-order valence-electron chi connectivity index (χ3n) is 5.25. The lowest BCUT2D eigenvalue weighted by Gasteiger charge is -2.39. The van der Waals surface area contributed by atoms with Gasteiger partial charge in [-0.2, -0.15) is 0 Å². The number of hydrogen-bond donors (Lipinski definition) is 0. The van der Waals surface area contributed by atoms with Gasteiger partial charge >= 0.3 is 0 Å². The van der Waals surface area contributed by atoms with E-state index >= 15 is 0 Å². The van der Waals surface area contributed by atoms with Gasteiger partial charge < -0.3 is 9.64 Å². The second-order valence-electron chi connectivity index (χ2n) is 6.98. The SMILES string of the molecule is O=C(c1cccc(-c2nccs2)c1)N1CCCC[C@@H]1CN1CCOCC1. The molecular weight excluding hydrogens is 346 g/mol. The molecular formula is C20H25N3O2S. The lowest BCUT2D eigenvalue weighted by Crippen LogP contribution is -2.51. The molecule has 26 heavy (non-hydrogen) atoms. The molecule has 0 saturated carbocycles. The zero-order valence-corrected chi connectivity index (χ0v) is 15.8. The Morgan fingerprint density at radius 3 is 2.92 bits per heavy atom. The highest BCUT2D eigenvalue weighted by molar-refractivity contribution is 7.13. The van der Waals surface area contributed by atoms with Crippen molar-refractivity contribution in [2.24, 2.45) is 0 Å². The Morgan fingerprint density at radius 2 is 2.12 bits per heavy atom. The summed E-state index contributed by atoms with van der Waals surface area (Å²) in [5, 5.41) is 2.93. The number of rotatable bonds is 4. The Morgan fingerprint density at radius 1 is 1.23 bits per heavy atom. The van der Waals surface area contributed by atoms with Crippen molar-refractivity contribution in [2.45, 2.75) is 25.3 Å². The number of aromatic nitrogens is 1. The van der Waals surface area contributed by atoms with Crippen LogP contribution in [0.4, 0.5) is 0 Å². The Balaban J connectivity index is 1.50. The summed E-state index contributed by atoms with van der Waals surface area (Å²) < 4.78 is 5.45. The monoisotopic (exact) mass is 371 g/mol. The number of likely N-dealkylation sites (tertiary alicyclic amines) is 1. The lowest BCUT2D eigenvalue weighted by atomic mass is 9.99. The number of morpholine rings is 1. The van der Waals surface area contributed by atoms with Crippen molar-refractivity contribution in [2.75, 3.05) is 39.4 Å². The molecule has 1 amide bonds. The maximum atomic E-state index is 13.2. The van der Waals surface area contributed by atoms with Gasteiger partial charge in [-0.3, -0.25) is 9.69 Å². The first-order valence-corrected chi connectivity index (χ1v) is 10.3. The fourth-order valence-electron chi connectivity index (χ4n) is 3.86. The quantitative estimate of drug-likeness (QED) is 0.828. The average Bonchev–Trinajstić information content (AvgIpc) is 3.24. The standard InChI is InChI=1S/C20H25N3O2S/c24-20(17-5-3-4-16(14-17)19-21-7-13-26-19)23-8-2-1-6-18(23)15-22-9-11-25-12-10-22/h3-5,7,13-14,18H,1-2,6,8-12,15H2/t18-/m1/s1. The number of thiazole rings is 1. The van der Waals surface area contributed by atoms with Gasteiger partial charge in [-0.15, -0.1) is 11.3 Å². The summed E-state index contributed by atoms with van der Waals surface area (Å²) in [7, 11) is 0. The molecule has 5 nitrogen and oxygen atoms in total. The molecule has 1 aromatic carbocycles. The molecule has 2 aliphatic heterocycles. The highest BCUT2D eigenvalue weighted by Crippen LogP contribution is 2.25. The van der Waals surface area contributed by atoms with Crippen LogP contribution < -0.4 is 0 Å². The number of hydrogen-bond acceptors (Lipinski definition) is 5. The molecule has 4 rings (SSSR count). The van der Waals surface area contributed by atoms with Crippen LogP contribution in [0, 0.1) is 0 Å². The molecule has 1 aromatic heterocycles. The van der Waals surface area contributed by atoms with Gasteiger partial charge in [0.25, 0.3) is 5.91 Å². The van der Waals surface area contributed by atoms with Gasteiger partial charge in [-0.25, -0.2) is 4.98 Å². The topological polar surface area (TPSA) is 45.7 Å². The minimum atomic E-state index is 0.154. The van der Waals surface area contributed by atoms with E-state index in [1.807, 2.05) is 29.6 Å². The van der Waals surface area contributed by atoms with Crippen molar-refractivity contribution in [1.82, 2.24) is 14.8 Å². The summed E-state index contributed by atoms with van der Waals surface area (Å²) in [5.41, 5.74) is 1.79. The number of piperidine rings is 1. The van der Waals surface area contributed by atoms with E-state index in [0.717, 1.165) is 68.4 Å². The van der Waals surface area contributed by atoms with Gasteiger partial charge in [0, 0.05) is 54.9 Å². The number of ether oxygens (including phenoxy) is 1. The highest BCUT2D eigenvalue weighted by atomic mass is 32.1. The second-order valence-corrected chi connectivity index (χ2v) is 7.87. The molecule has 0 radical (unpaired) electrons. The summed E-state index contributed by atoms with van der Waals surface area (Å²) >= 11 is 1.60. The van der Waals surface area contributed by atoms with E-state index in [2.05, 4.69) is 14.8 Å². The molecule has 0 aliphatic carbocycles. The summed E-state index contributed by atoms with van der Waals surface area (Å²) in [4.78, 5) is 22.1. The van der Waals surface area contributed by atoms with Crippen LogP contribution in [0.1, 0.15) is 29.6 Å². The first-order chi connectivity index (χ1) is 12.8. The molecule has 0 N–H and O–H groups in total. The minimum absolute atomic E-state index is 0.154. The van der Waals surface area contributed by atoms with Crippen LogP contribution in [-0.2, 0) is 4.74 Å². The van der Waals surface area contributed by atoms with Gasteiger partial charge in [-0.1, -0.05) is 12.1 Å². The molecule has 3 heterocycles. The fourth-order valence-corrected chi connectivity index (χ4v) is 4.49. The van der Waals surface area contributed by atoms with Gasteiger partial charge in [0.2, 0.25) is 0 Å². The molecule has 2 aromatic rings. The maximum Gasteiger partial charge on any atom is 0.254 e. The Bertz CT molecular complexity index is 728. The number of nitrogens with zero attached hydrogens (tertiary/aromatic N) is 3. The smallest absolute Gasteiger partial charge is 0.254 e. The third-order valence-corrected chi connectivity index (χ3v) is 6.07. The normalized spacial score (nSPS) is 21.7. The highest BCUT2D eigenvalue weighted by Gasteiger charge is 2.29. The molecule has 0 spiro atoms. The van der Waals surface area contributed by atoms with E-state index in [-0.39, 0.29) is 5.91 Å². The van der Waals surface area contributed by atoms with E-state index in [0.29, 0.717) is 6.04 Å². The van der Waals surface area contributed by atoms with Gasteiger partial charge in [0.1, 0.15) is 5.01 Å². The van der Waals surface area contributed by atoms with Crippen LogP contribution in [0.5, 0.6) is 0 Å². The van der Waals surface area contributed by atoms with E-state index in [1.54, 1.807) is 17.5 Å². The van der Waals surface area contributed by atoms with Crippen LogP contribution in [0.25, 0.3) is 10.6 Å². The number of benzene rings is 1. The van der Waals surface area contributed by atoms with Crippen molar-refractivity contribution in [3.8, 4) is 10.6 Å². The predicted molar refractivity (Wildman–Crippen MR) is 103 cm³/mol. The van der Waals surface area contributed by atoms with Crippen molar-refractivity contribution >= 4 is 17.2 Å². The van der Waals surface area contributed by atoms with E-state index in [9.17, 15) is 4.79 Å². The Labute approximate surface area is 158 Å². The second kappa shape index (κ2) is 8.29. The van der Waals surface area contributed by atoms with Gasteiger partial charge in [0.15, 0.2) is 0 Å². The number of amides is 1. The van der Waals surface area contributed by atoms with E-state index in [1.165, 1.54) is 6.42 Å². The maximum absolute atomic E-state index is 13.2. The van der Waals surface area contributed by atoms with Crippen molar-refractivity contribution in [3.63, 3.8) is 0 Å². The number of carbonyl (C=O) groups excluding carboxylic acids is 1. The van der Waals surface area contributed by atoms with Crippen LogP contribution in [-0.4, -0.2) is 66.1 Å². The Hall–Kier alpha value is -1.76. The molecule has 0 unspecified atom stereocenters. The zero-order chi connectivity index (χ0) is 17.8. The van der Waals surface area contributed by atoms with Crippen LogP contribution >= 0.6 is 11.3 Å². The van der Waals surface area contributed by atoms with Gasteiger partial charge in [0.05, 0.1) is 13.2 Å². The largest absolute Gasteiger partial charge is 0.379 e. The van der Waals surface area contributed by atoms with Gasteiger partial charge in [-0.05, 0) is 31.4 Å². The van der Waals surface area contributed by atoms with Crippen molar-refractivity contribution in [3.05, 3.63) is 41.4 Å². The molecule has 6 heteroatoms. The van der Waals surface area contributed by atoms with Crippen LogP contribution in [0.2, 0.25) is 0 Å². The van der Waals surface area contributed by atoms with Crippen molar-refractivity contribution in [1.29, 1.82) is 0 Å².